The minimum Gasteiger partial charge on any atom is -0.382 e. The molecule has 1 atom stereocenters. The summed E-state index contributed by atoms with van der Waals surface area (Å²) in [6.45, 7) is 1.61. The van der Waals surface area contributed by atoms with Gasteiger partial charge in [-0.05, 0) is 43.2 Å². The van der Waals surface area contributed by atoms with Crippen molar-refractivity contribution in [2.45, 2.75) is 49.2 Å². The van der Waals surface area contributed by atoms with Crippen LogP contribution in [0, 0.1) is 10.8 Å². The Morgan fingerprint density at radius 1 is 1.23 bits per heavy atom. The first kappa shape index (κ1) is 21.8. The first-order chi connectivity index (χ1) is 14.7. The van der Waals surface area contributed by atoms with Crippen molar-refractivity contribution in [3.05, 3.63) is 35.9 Å². The number of halogens is 3. The number of anilines is 2. The third-order valence-corrected chi connectivity index (χ3v) is 7.26. The van der Waals surface area contributed by atoms with Crippen LogP contribution in [0.3, 0.4) is 0 Å². The summed E-state index contributed by atoms with van der Waals surface area (Å²) in [4.78, 5) is 14.0. The molecule has 11 heteroatoms. The standard InChI is InChI=1S/C20H24F3N7S/c21-20(22,23)16-12(3-2-8-27-16)31-18(26)15-17(25)29-14(11-28-15)30-9-6-19(7-10-30)5-1-4-13(19)24/h2-3,8,11,13,26H,1,4-7,9-10,24H2,(H2,25,29). The van der Waals surface area contributed by atoms with Crippen LogP contribution in [0.15, 0.2) is 29.4 Å². The predicted octanol–water partition coefficient (Wildman–Crippen LogP) is 3.69. The van der Waals surface area contributed by atoms with Crippen molar-refractivity contribution in [3.8, 4) is 0 Å². The van der Waals surface area contributed by atoms with Gasteiger partial charge in [-0.25, -0.2) is 9.97 Å². The van der Waals surface area contributed by atoms with Gasteiger partial charge in [0.1, 0.15) is 16.6 Å². The molecule has 2 aromatic rings. The van der Waals surface area contributed by atoms with Crippen LogP contribution in [0.1, 0.15) is 43.5 Å². The number of nitrogens with two attached hydrogens (primary N) is 2. The van der Waals surface area contributed by atoms with E-state index < -0.39 is 11.9 Å². The third-order valence-electron chi connectivity index (χ3n) is 6.31. The molecule has 7 nitrogen and oxygen atoms in total. The van der Waals surface area contributed by atoms with Crippen LogP contribution in [-0.2, 0) is 6.18 Å². The van der Waals surface area contributed by atoms with Crippen LogP contribution in [-0.4, -0.2) is 39.1 Å². The van der Waals surface area contributed by atoms with Crippen LogP contribution in [0.5, 0.6) is 0 Å². The molecule has 0 bridgehead atoms. The second-order valence-corrected chi connectivity index (χ2v) is 9.14. The number of nitrogens with one attached hydrogen (secondary N) is 1. The molecule has 2 aromatic heterocycles. The highest BCUT2D eigenvalue weighted by Crippen LogP contribution is 2.46. The highest BCUT2D eigenvalue weighted by atomic mass is 32.2. The van der Waals surface area contributed by atoms with Gasteiger partial charge in [0.05, 0.1) is 6.20 Å². The average Bonchev–Trinajstić information content (AvgIpc) is 3.07. The summed E-state index contributed by atoms with van der Waals surface area (Å²) in [6, 6.07) is 2.91. The average molecular weight is 452 g/mol. The molecular formula is C20H24F3N7S. The zero-order chi connectivity index (χ0) is 22.2. The maximum Gasteiger partial charge on any atom is 0.434 e. The third kappa shape index (κ3) is 4.33. The fourth-order valence-electron chi connectivity index (χ4n) is 4.53. The second-order valence-electron chi connectivity index (χ2n) is 8.09. The normalized spacial score (nSPS) is 20.9. The number of rotatable bonds is 3. The number of aromatic nitrogens is 3. The summed E-state index contributed by atoms with van der Waals surface area (Å²) in [5, 5.41) is 8.00. The molecule has 5 N–H and O–H groups in total. The Labute approximate surface area is 182 Å². The molecule has 1 saturated heterocycles. The highest BCUT2D eigenvalue weighted by molar-refractivity contribution is 8.14. The predicted molar refractivity (Wildman–Crippen MR) is 114 cm³/mol. The van der Waals surface area contributed by atoms with Gasteiger partial charge in [-0.1, -0.05) is 18.2 Å². The maximum atomic E-state index is 13.2. The summed E-state index contributed by atoms with van der Waals surface area (Å²) >= 11 is 0.609. The lowest BCUT2D eigenvalue weighted by Gasteiger charge is -2.42. The highest BCUT2D eigenvalue weighted by Gasteiger charge is 2.43. The van der Waals surface area contributed by atoms with E-state index in [0.717, 1.165) is 45.0 Å². The number of thioether (sulfide) groups is 1. The smallest absolute Gasteiger partial charge is 0.382 e. The minimum absolute atomic E-state index is 0.0188. The van der Waals surface area contributed by atoms with Gasteiger partial charge in [0, 0.05) is 30.2 Å². The van der Waals surface area contributed by atoms with Crippen LogP contribution in [0.2, 0.25) is 0 Å². The van der Waals surface area contributed by atoms with E-state index in [9.17, 15) is 13.2 Å². The monoisotopic (exact) mass is 451 g/mol. The van der Waals surface area contributed by atoms with E-state index in [2.05, 4.69) is 19.9 Å². The largest absolute Gasteiger partial charge is 0.434 e. The van der Waals surface area contributed by atoms with E-state index in [0.29, 0.717) is 17.6 Å². The zero-order valence-electron chi connectivity index (χ0n) is 16.8. The number of nitrogen functional groups attached to an aromatic ring is 1. The van der Waals surface area contributed by atoms with Gasteiger partial charge in [-0.3, -0.25) is 10.4 Å². The van der Waals surface area contributed by atoms with Crippen molar-refractivity contribution < 1.29 is 13.2 Å². The minimum atomic E-state index is -4.61. The SMILES string of the molecule is N=C(Sc1cccnc1C(F)(F)F)c1ncc(N2CCC3(CCCC3N)CC2)nc1N. The van der Waals surface area contributed by atoms with E-state index in [1.54, 1.807) is 0 Å². The van der Waals surface area contributed by atoms with Gasteiger partial charge in [0.25, 0.3) is 0 Å². The number of hydrogen-bond donors (Lipinski definition) is 3. The Kier molecular flexibility index (Phi) is 5.82. The van der Waals surface area contributed by atoms with Gasteiger partial charge in [-0.2, -0.15) is 13.2 Å². The van der Waals surface area contributed by atoms with E-state index >= 15 is 0 Å². The molecule has 166 valence electrons. The fraction of sp³-hybridized carbons (Fsp3) is 0.500. The Bertz CT molecular complexity index is 973. The van der Waals surface area contributed by atoms with Crippen molar-refractivity contribution in [1.29, 1.82) is 5.41 Å². The molecule has 2 aliphatic rings. The van der Waals surface area contributed by atoms with Crippen molar-refractivity contribution in [1.82, 2.24) is 15.0 Å². The van der Waals surface area contributed by atoms with Gasteiger partial charge < -0.3 is 16.4 Å². The summed E-state index contributed by atoms with van der Waals surface area (Å²) < 4.78 is 39.5. The molecule has 1 aliphatic carbocycles. The maximum absolute atomic E-state index is 13.2. The van der Waals surface area contributed by atoms with Gasteiger partial charge in [0.2, 0.25) is 0 Å². The molecule has 0 aromatic carbocycles. The molecule has 1 saturated carbocycles. The van der Waals surface area contributed by atoms with Crippen molar-refractivity contribution in [2.75, 3.05) is 23.7 Å². The number of alkyl halides is 3. The van der Waals surface area contributed by atoms with Crippen LogP contribution < -0.4 is 16.4 Å². The summed E-state index contributed by atoms with van der Waals surface area (Å²) in [7, 11) is 0. The molecule has 0 radical (unpaired) electrons. The van der Waals surface area contributed by atoms with E-state index in [4.69, 9.17) is 16.9 Å². The Morgan fingerprint density at radius 3 is 2.58 bits per heavy atom. The molecule has 3 heterocycles. The van der Waals surface area contributed by atoms with E-state index in [1.165, 1.54) is 24.8 Å². The molecule has 0 amide bonds. The van der Waals surface area contributed by atoms with Crippen molar-refractivity contribution in [3.63, 3.8) is 0 Å². The topological polar surface area (TPSA) is 118 Å². The Morgan fingerprint density at radius 2 is 1.97 bits per heavy atom. The first-order valence-corrected chi connectivity index (χ1v) is 10.9. The summed E-state index contributed by atoms with van der Waals surface area (Å²) in [5.41, 5.74) is 11.6. The fourth-order valence-corrected chi connectivity index (χ4v) is 5.42. The lowest BCUT2D eigenvalue weighted by molar-refractivity contribution is -0.143. The van der Waals surface area contributed by atoms with Crippen molar-refractivity contribution in [2.24, 2.45) is 11.1 Å². The molecule has 2 fully saturated rings. The van der Waals surface area contributed by atoms with E-state index in [-0.39, 0.29) is 32.9 Å². The lowest BCUT2D eigenvalue weighted by Crippen LogP contribution is -2.47. The molecule has 31 heavy (non-hydrogen) atoms. The summed E-state index contributed by atoms with van der Waals surface area (Å²) in [6.07, 6.45) is 3.39. The Balaban J connectivity index is 1.47. The number of pyridine rings is 1. The zero-order valence-corrected chi connectivity index (χ0v) is 17.6. The molecule has 1 spiro atoms. The van der Waals surface area contributed by atoms with Crippen molar-refractivity contribution >= 4 is 28.4 Å². The molecular weight excluding hydrogens is 427 g/mol. The quantitative estimate of drug-likeness (QED) is 0.370. The molecule has 4 rings (SSSR count). The molecule has 1 unspecified atom stereocenters. The summed E-state index contributed by atoms with van der Waals surface area (Å²) in [5.74, 6) is 0.628. The van der Waals surface area contributed by atoms with Gasteiger partial charge in [0.15, 0.2) is 11.5 Å². The lowest BCUT2D eigenvalue weighted by atomic mass is 9.74. The van der Waals surface area contributed by atoms with Crippen LogP contribution in [0.25, 0.3) is 0 Å². The number of nitrogens with zero attached hydrogens (tertiary/aromatic N) is 4. The second kappa shape index (κ2) is 8.27. The van der Waals surface area contributed by atoms with E-state index in [1.807, 2.05) is 0 Å². The molecule has 1 aliphatic heterocycles. The van der Waals surface area contributed by atoms with Gasteiger partial charge in [-0.15, -0.1) is 0 Å². The van der Waals surface area contributed by atoms with Gasteiger partial charge >= 0.3 is 6.18 Å². The van der Waals surface area contributed by atoms with Crippen LogP contribution >= 0.6 is 11.8 Å². The first-order valence-electron chi connectivity index (χ1n) is 10.1. The number of piperidine rings is 1. The van der Waals surface area contributed by atoms with Crippen LogP contribution in [0.4, 0.5) is 24.8 Å². The number of hydrogen-bond acceptors (Lipinski definition) is 8. The Hall–Kier alpha value is -2.40.